The van der Waals surface area contributed by atoms with Gasteiger partial charge in [0.1, 0.15) is 11.9 Å². The minimum absolute atomic E-state index is 0.232. The first-order chi connectivity index (χ1) is 9.24. The van der Waals surface area contributed by atoms with E-state index in [1.165, 1.54) is 7.11 Å². The molecular formula is C14H13N3O2. The van der Waals surface area contributed by atoms with Crippen LogP contribution in [0.2, 0.25) is 0 Å². The predicted molar refractivity (Wildman–Crippen MR) is 71.6 cm³/mol. The van der Waals surface area contributed by atoms with E-state index in [9.17, 15) is 4.79 Å². The molecule has 1 aromatic heterocycles. The quantitative estimate of drug-likeness (QED) is 0.846. The van der Waals surface area contributed by atoms with Gasteiger partial charge in [-0.1, -0.05) is 18.2 Å². The molecule has 0 unspecified atom stereocenters. The molecule has 96 valence electrons. The van der Waals surface area contributed by atoms with Gasteiger partial charge >= 0.3 is 5.97 Å². The van der Waals surface area contributed by atoms with Gasteiger partial charge in [0.25, 0.3) is 0 Å². The first-order valence-corrected chi connectivity index (χ1v) is 5.85. The van der Waals surface area contributed by atoms with Crippen molar-refractivity contribution >= 4 is 22.7 Å². The lowest BCUT2D eigenvalue weighted by atomic mass is 10.1. The number of hydrogen-bond acceptors (Lipinski definition) is 5. The van der Waals surface area contributed by atoms with Crippen molar-refractivity contribution in [3.63, 3.8) is 0 Å². The first kappa shape index (κ1) is 12.8. The van der Waals surface area contributed by atoms with Gasteiger partial charge in [-0.2, -0.15) is 5.26 Å². The Morgan fingerprint density at radius 3 is 3.00 bits per heavy atom. The molecule has 0 saturated carbocycles. The summed E-state index contributed by atoms with van der Waals surface area (Å²) in [6.07, 6.45) is 0.232. The topological polar surface area (TPSA) is 75.0 Å². The number of nitriles is 1. The third-order valence-corrected chi connectivity index (χ3v) is 2.69. The van der Waals surface area contributed by atoms with Crippen LogP contribution in [0.3, 0.4) is 0 Å². The summed E-state index contributed by atoms with van der Waals surface area (Å²) in [6.45, 7) is 0.382. The van der Waals surface area contributed by atoms with Crippen LogP contribution in [0.1, 0.15) is 12.0 Å². The SMILES string of the molecule is COC(=O)CCNc1nc2ccccc2cc1C#N. The van der Waals surface area contributed by atoms with E-state index in [2.05, 4.69) is 21.1 Å². The van der Waals surface area contributed by atoms with Crippen LogP contribution in [-0.2, 0) is 9.53 Å². The van der Waals surface area contributed by atoms with E-state index in [1.54, 1.807) is 6.07 Å². The fourth-order valence-electron chi connectivity index (χ4n) is 1.72. The zero-order valence-corrected chi connectivity index (χ0v) is 10.5. The van der Waals surface area contributed by atoms with Crippen LogP contribution in [0.25, 0.3) is 10.9 Å². The fraction of sp³-hybridized carbons (Fsp3) is 0.214. The van der Waals surface area contributed by atoms with Gasteiger partial charge in [0.15, 0.2) is 0 Å². The highest BCUT2D eigenvalue weighted by Gasteiger charge is 2.07. The van der Waals surface area contributed by atoms with E-state index in [4.69, 9.17) is 5.26 Å². The molecule has 19 heavy (non-hydrogen) atoms. The molecule has 0 fully saturated rings. The lowest BCUT2D eigenvalue weighted by Crippen LogP contribution is -2.11. The van der Waals surface area contributed by atoms with Crippen molar-refractivity contribution < 1.29 is 9.53 Å². The number of rotatable bonds is 4. The van der Waals surface area contributed by atoms with Crippen molar-refractivity contribution in [2.45, 2.75) is 6.42 Å². The van der Waals surface area contributed by atoms with Crippen LogP contribution in [0, 0.1) is 11.3 Å². The molecule has 1 heterocycles. The number of benzene rings is 1. The van der Waals surface area contributed by atoms with Crippen LogP contribution in [0.5, 0.6) is 0 Å². The van der Waals surface area contributed by atoms with Gasteiger partial charge in [-0.25, -0.2) is 4.98 Å². The average molecular weight is 255 g/mol. The number of carbonyl (C=O) groups is 1. The zero-order valence-electron chi connectivity index (χ0n) is 10.5. The highest BCUT2D eigenvalue weighted by atomic mass is 16.5. The Morgan fingerprint density at radius 1 is 1.47 bits per heavy atom. The fourth-order valence-corrected chi connectivity index (χ4v) is 1.72. The molecule has 0 aliphatic rings. The van der Waals surface area contributed by atoms with Gasteiger partial charge < -0.3 is 10.1 Å². The Bertz CT molecular complexity index is 647. The normalized spacial score (nSPS) is 9.89. The second-order valence-electron chi connectivity index (χ2n) is 3.94. The molecule has 0 bridgehead atoms. The van der Waals surface area contributed by atoms with E-state index in [0.717, 1.165) is 10.9 Å². The number of fused-ring (bicyclic) bond motifs is 1. The maximum absolute atomic E-state index is 11.0. The molecule has 1 aromatic carbocycles. The highest BCUT2D eigenvalue weighted by Crippen LogP contribution is 2.19. The Labute approximate surface area is 110 Å². The maximum Gasteiger partial charge on any atom is 0.307 e. The smallest absolute Gasteiger partial charge is 0.307 e. The number of hydrogen-bond donors (Lipinski definition) is 1. The summed E-state index contributed by atoms with van der Waals surface area (Å²) in [7, 11) is 1.34. The molecule has 2 aromatic rings. The monoisotopic (exact) mass is 255 g/mol. The standard InChI is InChI=1S/C14H13N3O2/c1-19-13(18)6-7-16-14-11(9-15)8-10-4-2-3-5-12(10)17-14/h2-5,8H,6-7H2,1H3,(H,16,17). The van der Waals surface area contributed by atoms with Gasteiger partial charge in [-0.15, -0.1) is 0 Å². The Morgan fingerprint density at radius 2 is 2.26 bits per heavy atom. The lowest BCUT2D eigenvalue weighted by Gasteiger charge is -2.08. The van der Waals surface area contributed by atoms with Gasteiger partial charge in [-0.05, 0) is 12.1 Å². The second kappa shape index (κ2) is 5.83. The molecule has 0 aliphatic heterocycles. The molecule has 0 radical (unpaired) electrons. The number of ether oxygens (including phenoxy) is 1. The molecule has 0 atom stereocenters. The minimum atomic E-state index is -0.299. The number of nitrogens with zero attached hydrogens (tertiary/aromatic N) is 2. The molecule has 2 rings (SSSR count). The van der Waals surface area contributed by atoms with Crippen LogP contribution in [0.15, 0.2) is 30.3 Å². The summed E-state index contributed by atoms with van der Waals surface area (Å²) in [5, 5.41) is 13.0. The molecule has 0 amide bonds. The van der Waals surface area contributed by atoms with Gasteiger partial charge in [0.2, 0.25) is 0 Å². The Kier molecular flexibility index (Phi) is 3.94. The predicted octanol–water partition coefficient (Wildman–Crippen LogP) is 2.08. The third kappa shape index (κ3) is 2.99. The second-order valence-corrected chi connectivity index (χ2v) is 3.94. The van der Waals surface area contributed by atoms with Crippen molar-refractivity contribution in [3.8, 4) is 6.07 Å². The average Bonchev–Trinajstić information content (AvgIpc) is 2.46. The lowest BCUT2D eigenvalue weighted by molar-refractivity contribution is -0.140. The highest BCUT2D eigenvalue weighted by molar-refractivity contribution is 5.82. The molecule has 1 N–H and O–H groups in total. The van der Waals surface area contributed by atoms with E-state index < -0.39 is 0 Å². The number of carbonyl (C=O) groups excluding carboxylic acids is 1. The molecule has 0 spiro atoms. The summed E-state index contributed by atoms with van der Waals surface area (Å²) < 4.78 is 4.55. The number of esters is 1. The largest absolute Gasteiger partial charge is 0.469 e. The maximum atomic E-state index is 11.0. The third-order valence-electron chi connectivity index (χ3n) is 2.69. The van der Waals surface area contributed by atoms with E-state index in [-0.39, 0.29) is 12.4 Å². The molecule has 0 saturated heterocycles. The number of aromatic nitrogens is 1. The van der Waals surface area contributed by atoms with Crippen molar-refractivity contribution in [2.75, 3.05) is 19.0 Å². The number of anilines is 1. The van der Waals surface area contributed by atoms with E-state index >= 15 is 0 Å². The summed E-state index contributed by atoms with van der Waals surface area (Å²) in [6, 6.07) is 11.4. The van der Waals surface area contributed by atoms with E-state index in [1.807, 2.05) is 24.3 Å². The van der Waals surface area contributed by atoms with Gasteiger partial charge in [0.05, 0.1) is 24.6 Å². The number of pyridine rings is 1. The molecule has 0 aliphatic carbocycles. The summed E-state index contributed by atoms with van der Waals surface area (Å²) in [4.78, 5) is 15.4. The van der Waals surface area contributed by atoms with Crippen LogP contribution in [0.4, 0.5) is 5.82 Å². The minimum Gasteiger partial charge on any atom is -0.469 e. The summed E-state index contributed by atoms with van der Waals surface area (Å²) in [5.41, 5.74) is 1.27. The molecular weight excluding hydrogens is 242 g/mol. The number of nitrogens with one attached hydrogen (secondary N) is 1. The van der Waals surface area contributed by atoms with Gasteiger partial charge in [-0.3, -0.25) is 4.79 Å². The number of para-hydroxylation sites is 1. The van der Waals surface area contributed by atoms with Crippen molar-refractivity contribution in [1.29, 1.82) is 5.26 Å². The summed E-state index contributed by atoms with van der Waals surface area (Å²) in [5.74, 6) is 0.192. The van der Waals surface area contributed by atoms with Gasteiger partial charge in [0, 0.05) is 11.9 Å². The Hall–Kier alpha value is -2.61. The molecule has 5 nitrogen and oxygen atoms in total. The zero-order chi connectivity index (χ0) is 13.7. The van der Waals surface area contributed by atoms with E-state index in [0.29, 0.717) is 17.9 Å². The molecule has 5 heteroatoms. The van der Waals surface area contributed by atoms with Crippen molar-refractivity contribution in [3.05, 3.63) is 35.9 Å². The van der Waals surface area contributed by atoms with Crippen LogP contribution < -0.4 is 5.32 Å². The Balaban J connectivity index is 2.22. The number of methoxy groups -OCH3 is 1. The van der Waals surface area contributed by atoms with Crippen LogP contribution >= 0.6 is 0 Å². The van der Waals surface area contributed by atoms with Crippen LogP contribution in [-0.4, -0.2) is 24.6 Å². The van der Waals surface area contributed by atoms with Crippen molar-refractivity contribution in [2.24, 2.45) is 0 Å². The van der Waals surface area contributed by atoms with Crippen molar-refractivity contribution in [1.82, 2.24) is 4.98 Å². The summed E-state index contributed by atoms with van der Waals surface area (Å²) >= 11 is 0. The first-order valence-electron chi connectivity index (χ1n) is 5.85.